The molecule has 1 saturated carbocycles. The van der Waals surface area contributed by atoms with Gasteiger partial charge in [0.2, 0.25) is 0 Å². The minimum absolute atomic E-state index is 0.433. The van der Waals surface area contributed by atoms with E-state index in [1.165, 1.54) is 45.1 Å². The highest BCUT2D eigenvalue weighted by atomic mass is 16.5. The van der Waals surface area contributed by atoms with Crippen molar-refractivity contribution in [1.29, 1.82) is 0 Å². The van der Waals surface area contributed by atoms with E-state index in [0.29, 0.717) is 18.2 Å². The fraction of sp³-hybridized carbons (Fsp3) is 1.00. The Bertz CT molecular complexity index is 213. The molecule has 1 aliphatic carbocycles. The summed E-state index contributed by atoms with van der Waals surface area (Å²) in [5, 5.41) is 3.79. The molecule has 2 heteroatoms. The summed E-state index contributed by atoms with van der Waals surface area (Å²) in [6.07, 6.45) is 8.98. The van der Waals surface area contributed by atoms with Crippen molar-refractivity contribution in [2.24, 2.45) is 11.8 Å². The van der Waals surface area contributed by atoms with Gasteiger partial charge >= 0.3 is 0 Å². The molecule has 1 N–H and O–H groups in total. The van der Waals surface area contributed by atoms with Crippen LogP contribution < -0.4 is 5.32 Å². The molecule has 17 heavy (non-hydrogen) atoms. The normalized spacial score (nSPS) is 43.6. The molecule has 2 aliphatic rings. The lowest BCUT2D eigenvalue weighted by molar-refractivity contribution is -0.0426. The number of nitrogens with one attached hydrogen (secondary N) is 1. The Morgan fingerprint density at radius 2 is 1.53 bits per heavy atom. The van der Waals surface area contributed by atoms with E-state index in [2.05, 4.69) is 26.1 Å². The summed E-state index contributed by atoms with van der Waals surface area (Å²) in [7, 11) is 0. The van der Waals surface area contributed by atoms with Crippen molar-refractivity contribution in [3.05, 3.63) is 0 Å². The van der Waals surface area contributed by atoms with Gasteiger partial charge in [0.25, 0.3) is 0 Å². The second-order valence-corrected chi connectivity index (χ2v) is 6.46. The first-order valence-electron chi connectivity index (χ1n) is 7.52. The van der Waals surface area contributed by atoms with Gasteiger partial charge in [0.05, 0.1) is 12.2 Å². The van der Waals surface area contributed by atoms with Gasteiger partial charge in [-0.3, -0.25) is 0 Å². The molecule has 1 heterocycles. The molecule has 0 amide bonds. The van der Waals surface area contributed by atoms with Crippen molar-refractivity contribution in [1.82, 2.24) is 5.32 Å². The third-order valence-corrected chi connectivity index (χ3v) is 4.53. The van der Waals surface area contributed by atoms with Crippen LogP contribution in [0.25, 0.3) is 0 Å². The van der Waals surface area contributed by atoms with Gasteiger partial charge in [0.1, 0.15) is 0 Å². The first-order chi connectivity index (χ1) is 8.13. The van der Waals surface area contributed by atoms with Crippen molar-refractivity contribution in [3.8, 4) is 0 Å². The summed E-state index contributed by atoms with van der Waals surface area (Å²) in [5.41, 5.74) is 0. The van der Waals surface area contributed by atoms with E-state index in [4.69, 9.17) is 4.74 Å². The number of hydrogen-bond acceptors (Lipinski definition) is 2. The highest BCUT2D eigenvalue weighted by molar-refractivity contribution is 4.80. The van der Waals surface area contributed by atoms with Crippen molar-refractivity contribution >= 4 is 0 Å². The molecule has 0 aromatic rings. The van der Waals surface area contributed by atoms with E-state index in [-0.39, 0.29) is 0 Å². The van der Waals surface area contributed by atoms with Crippen LogP contribution >= 0.6 is 0 Å². The largest absolute Gasteiger partial charge is 0.375 e. The lowest BCUT2D eigenvalue weighted by atomic mass is 9.83. The van der Waals surface area contributed by atoms with E-state index in [0.717, 1.165) is 11.8 Å². The highest BCUT2D eigenvalue weighted by Crippen LogP contribution is 2.28. The van der Waals surface area contributed by atoms with Gasteiger partial charge in [-0.15, -0.1) is 0 Å². The minimum Gasteiger partial charge on any atom is -0.375 e. The van der Waals surface area contributed by atoms with Gasteiger partial charge < -0.3 is 10.1 Å². The predicted octanol–water partition coefficient (Wildman–Crippen LogP) is 3.36. The van der Waals surface area contributed by atoms with Crippen LogP contribution in [0.15, 0.2) is 0 Å². The lowest BCUT2D eigenvalue weighted by Gasteiger charge is -2.34. The molecule has 0 aromatic heterocycles. The standard InChI is InChI=1S/C15H29NO/c1-11-4-6-14(7-5-11)10-16-15-8-12(2)17-13(3)9-15/h11-16H,4-10H2,1-3H3. The molecule has 2 fully saturated rings. The van der Waals surface area contributed by atoms with Crippen molar-refractivity contribution < 1.29 is 4.74 Å². The molecule has 2 atom stereocenters. The third kappa shape index (κ3) is 4.26. The van der Waals surface area contributed by atoms with Crippen molar-refractivity contribution in [2.75, 3.05) is 6.54 Å². The van der Waals surface area contributed by atoms with Crippen LogP contribution in [-0.4, -0.2) is 24.8 Å². The first-order valence-corrected chi connectivity index (χ1v) is 7.52. The second kappa shape index (κ2) is 6.19. The molecule has 0 spiro atoms. The molecule has 2 nitrogen and oxygen atoms in total. The van der Waals surface area contributed by atoms with Crippen LogP contribution in [0.4, 0.5) is 0 Å². The van der Waals surface area contributed by atoms with E-state index in [1.807, 2.05) is 0 Å². The fourth-order valence-electron chi connectivity index (χ4n) is 3.44. The highest BCUT2D eigenvalue weighted by Gasteiger charge is 2.25. The van der Waals surface area contributed by atoms with E-state index >= 15 is 0 Å². The molecule has 100 valence electrons. The topological polar surface area (TPSA) is 21.3 Å². The zero-order chi connectivity index (χ0) is 12.3. The average Bonchev–Trinajstić information content (AvgIpc) is 2.27. The summed E-state index contributed by atoms with van der Waals surface area (Å²) >= 11 is 0. The maximum absolute atomic E-state index is 5.78. The first kappa shape index (κ1) is 13.4. The molecular weight excluding hydrogens is 210 g/mol. The van der Waals surface area contributed by atoms with Gasteiger partial charge in [0, 0.05) is 6.04 Å². The summed E-state index contributed by atoms with van der Waals surface area (Å²) in [6, 6.07) is 0.688. The van der Waals surface area contributed by atoms with Crippen LogP contribution in [0, 0.1) is 11.8 Å². The molecule has 0 bridgehead atoms. The number of hydrogen-bond donors (Lipinski definition) is 1. The molecule has 0 radical (unpaired) electrons. The number of rotatable bonds is 3. The van der Waals surface area contributed by atoms with Gasteiger partial charge in [-0.25, -0.2) is 0 Å². The maximum Gasteiger partial charge on any atom is 0.0565 e. The van der Waals surface area contributed by atoms with E-state index < -0.39 is 0 Å². The second-order valence-electron chi connectivity index (χ2n) is 6.46. The Balaban J connectivity index is 1.67. The zero-order valence-electron chi connectivity index (χ0n) is 11.7. The van der Waals surface area contributed by atoms with Crippen LogP contribution in [0.3, 0.4) is 0 Å². The van der Waals surface area contributed by atoms with Crippen LogP contribution in [0.2, 0.25) is 0 Å². The SMILES string of the molecule is CC1CCC(CNC2CC(C)OC(C)C2)CC1. The Morgan fingerprint density at radius 3 is 2.12 bits per heavy atom. The van der Waals surface area contributed by atoms with Gasteiger partial charge in [-0.1, -0.05) is 19.8 Å². The molecular formula is C15H29NO. The van der Waals surface area contributed by atoms with E-state index in [9.17, 15) is 0 Å². The third-order valence-electron chi connectivity index (χ3n) is 4.53. The smallest absolute Gasteiger partial charge is 0.0565 e. The van der Waals surface area contributed by atoms with Crippen molar-refractivity contribution in [3.63, 3.8) is 0 Å². The van der Waals surface area contributed by atoms with Crippen molar-refractivity contribution in [2.45, 2.75) is 77.5 Å². The molecule has 2 unspecified atom stereocenters. The summed E-state index contributed by atoms with van der Waals surface area (Å²) in [5.74, 6) is 1.90. The Morgan fingerprint density at radius 1 is 0.941 bits per heavy atom. The number of ether oxygens (including phenoxy) is 1. The quantitative estimate of drug-likeness (QED) is 0.815. The molecule has 1 saturated heterocycles. The molecule has 0 aromatic carbocycles. The van der Waals surface area contributed by atoms with E-state index in [1.54, 1.807) is 0 Å². The summed E-state index contributed by atoms with van der Waals surface area (Å²) < 4.78 is 5.78. The van der Waals surface area contributed by atoms with Gasteiger partial charge in [-0.05, 0) is 57.9 Å². The predicted molar refractivity (Wildman–Crippen MR) is 72.2 cm³/mol. The summed E-state index contributed by atoms with van der Waals surface area (Å²) in [4.78, 5) is 0. The fourth-order valence-corrected chi connectivity index (χ4v) is 3.44. The van der Waals surface area contributed by atoms with Crippen LogP contribution in [0.1, 0.15) is 59.3 Å². The van der Waals surface area contributed by atoms with Gasteiger partial charge in [0.15, 0.2) is 0 Å². The minimum atomic E-state index is 0.433. The average molecular weight is 239 g/mol. The van der Waals surface area contributed by atoms with Crippen LogP contribution in [0.5, 0.6) is 0 Å². The molecule has 1 aliphatic heterocycles. The lowest BCUT2D eigenvalue weighted by Crippen LogP contribution is -2.43. The molecule has 2 rings (SSSR count). The Labute approximate surface area is 107 Å². The Kier molecular flexibility index (Phi) is 4.87. The van der Waals surface area contributed by atoms with Gasteiger partial charge in [-0.2, -0.15) is 0 Å². The monoisotopic (exact) mass is 239 g/mol. The summed E-state index contributed by atoms with van der Waals surface area (Å²) in [6.45, 7) is 8.03. The Hall–Kier alpha value is -0.0800. The van der Waals surface area contributed by atoms with Crippen LogP contribution in [-0.2, 0) is 4.74 Å². The maximum atomic E-state index is 5.78. The zero-order valence-corrected chi connectivity index (χ0v) is 11.7.